The lowest BCUT2D eigenvalue weighted by Crippen LogP contribution is -2.12. The molecule has 0 amide bonds. The highest BCUT2D eigenvalue weighted by atomic mass is 16.6. The normalized spacial score (nSPS) is 12.9. The second kappa shape index (κ2) is 13.3. The standard InChI is InChI=1S/C44H26O10/c1-23-17-29(21-33(25-9-5-3-6-10-25)37(23)51-39(45)27-13-15-31-35(19-27)43(49)53-41(31)47)30-18-24(2)38(34(22-30)26-11-7-4-8-12-26)52-40(46)28-14-16-32-36(20-28)44(50)54-42(32)48/h3-22H,1-2H3. The molecule has 2 heterocycles. The molecule has 54 heavy (non-hydrogen) atoms. The van der Waals surface area contributed by atoms with Gasteiger partial charge in [-0.05, 0) is 108 Å². The number of esters is 6. The smallest absolute Gasteiger partial charge is 0.346 e. The van der Waals surface area contributed by atoms with Crippen LogP contribution in [-0.4, -0.2) is 35.8 Å². The Bertz CT molecular complexity index is 2440. The van der Waals surface area contributed by atoms with Gasteiger partial charge in [-0.2, -0.15) is 0 Å². The molecule has 6 aromatic carbocycles. The Labute approximate surface area is 307 Å². The van der Waals surface area contributed by atoms with Crippen LogP contribution < -0.4 is 9.47 Å². The zero-order valence-corrected chi connectivity index (χ0v) is 28.6. The van der Waals surface area contributed by atoms with Gasteiger partial charge in [0, 0.05) is 11.1 Å². The number of carbonyl (C=O) groups excluding carboxylic acids is 6. The molecule has 0 aliphatic carbocycles. The minimum absolute atomic E-state index is 0.00279. The van der Waals surface area contributed by atoms with E-state index in [1.807, 2.05) is 98.8 Å². The maximum atomic E-state index is 13.5. The van der Waals surface area contributed by atoms with Crippen LogP contribution in [0.25, 0.3) is 33.4 Å². The summed E-state index contributed by atoms with van der Waals surface area (Å²) in [5, 5.41) is 0. The number of cyclic esters (lactones) is 4. The van der Waals surface area contributed by atoms with Crippen LogP contribution in [0, 0.1) is 13.8 Å². The Morgan fingerprint density at radius 1 is 0.407 bits per heavy atom. The van der Waals surface area contributed by atoms with Crippen LogP contribution in [0.15, 0.2) is 121 Å². The van der Waals surface area contributed by atoms with Gasteiger partial charge < -0.3 is 18.9 Å². The molecule has 0 spiro atoms. The monoisotopic (exact) mass is 714 g/mol. The van der Waals surface area contributed by atoms with E-state index in [2.05, 4.69) is 9.47 Å². The maximum Gasteiger partial charge on any atom is 0.346 e. The molecule has 0 bridgehead atoms. The van der Waals surface area contributed by atoms with Gasteiger partial charge in [0.25, 0.3) is 0 Å². The predicted molar refractivity (Wildman–Crippen MR) is 195 cm³/mol. The molecule has 0 atom stereocenters. The minimum Gasteiger partial charge on any atom is -0.422 e. The molecule has 10 heteroatoms. The van der Waals surface area contributed by atoms with Gasteiger partial charge in [0.15, 0.2) is 0 Å². The third-order valence-corrected chi connectivity index (χ3v) is 9.20. The van der Waals surface area contributed by atoms with Crippen LogP contribution in [0.4, 0.5) is 0 Å². The first-order valence-corrected chi connectivity index (χ1v) is 16.7. The molecule has 2 aliphatic heterocycles. The molecule has 2 aliphatic rings. The van der Waals surface area contributed by atoms with E-state index in [0.717, 1.165) is 22.3 Å². The van der Waals surface area contributed by atoms with Crippen molar-refractivity contribution in [2.45, 2.75) is 13.8 Å². The summed E-state index contributed by atoms with van der Waals surface area (Å²) in [6.07, 6.45) is 0. The maximum absolute atomic E-state index is 13.5. The third kappa shape index (κ3) is 6.01. The summed E-state index contributed by atoms with van der Waals surface area (Å²) < 4.78 is 21.4. The summed E-state index contributed by atoms with van der Waals surface area (Å²) in [5.41, 5.74) is 5.95. The molecular weight excluding hydrogens is 688 g/mol. The van der Waals surface area contributed by atoms with E-state index in [1.54, 1.807) is 0 Å². The highest BCUT2D eigenvalue weighted by Gasteiger charge is 2.32. The fraction of sp³-hybridized carbons (Fsp3) is 0.0455. The SMILES string of the molecule is Cc1cc(-c2cc(C)c(OC(=O)c3ccc4c(c3)C(=O)OC4=O)c(-c3ccccc3)c2)cc(-c2ccccc2)c1OC(=O)c1ccc2c(c1)C(=O)OC2=O. The average molecular weight is 715 g/mol. The van der Waals surface area contributed by atoms with E-state index in [9.17, 15) is 28.8 Å². The summed E-state index contributed by atoms with van der Waals surface area (Å²) in [6, 6.07) is 34.5. The van der Waals surface area contributed by atoms with Crippen molar-refractivity contribution in [1.82, 2.24) is 0 Å². The molecular formula is C44H26O10. The largest absolute Gasteiger partial charge is 0.422 e. The van der Waals surface area contributed by atoms with Gasteiger partial charge in [-0.25, -0.2) is 28.8 Å². The zero-order chi connectivity index (χ0) is 37.7. The van der Waals surface area contributed by atoms with Crippen molar-refractivity contribution >= 4 is 35.8 Å². The van der Waals surface area contributed by atoms with E-state index >= 15 is 0 Å². The number of rotatable bonds is 7. The summed E-state index contributed by atoms with van der Waals surface area (Å²) >= 11 is 0. The van der Waals surface area contributed by atoms with Gasteiger partial charge in [0.05, 0.1) is 33.4 Å². The van der Waals surface area contributed by atoms with Gasteiger partial charge in [-0.1, -0.05) is 60.7 Å². The number of ether oxygens (including phenoxy) is 4. The number of hydrogen-bond acceptors (Lipinski definition) is 10. The van der Waals surface area contributed by atoms with Gasteiger partial charge in [0.1, 0.15) is 11.5 Å². The highest BCUT2D eigenvalue weighted by Crippen LogP contribution is 2.42. The van der Waals surface area contributed by atoms with Crippen molar-refractivity contribution < 1.29 is 47.7 Å². The highest BCUT2D eigenvalue weighted by molar-refractivity contribution is 6.16. The predicted octanol–water partition coefficient (Wildman–Crippen LogP) is 8.36. The van der Waals surface area contributed by atoms with Crippen LogP contribution in [0.1, 0.15) is 73.3 Å². The molecule has 0 radical (unpaired) electrons. The van der Waals surface area contributed by atoms with Gasteiger partial charge >= 0.3 is 35.8 Å². The summed E-state index contributed by atoms with van der Waals surface area (Å²) in [7, 11) is 0. The first kappa shape index (κ1) is 33.7. The molecule has 8 rings (SSSR count). The van der Waals surface area contributed by atoms with E-state index in [4.69, 9.17) is 9.47 Å². The Morgan fingerprint density at radius 2 is 0.778 bits per heavy atom. The van der Waals surface area contributed by atoms with Crippen molar-refractivity contribution in [3.8, 4) is 44.9 Å². The van der Waals surface area contributed by atoms with Gasteiger partial charge in [-0.15, -0.1) is 0 Å². The van der Waals surface area contributed by atoms with E-state index < -0.39 is 35.8 Å². The summed E-state index contributed by atoms with van der Waals surface area (Å²) in [6.45, 7) is 3.64. The molecule has 0 aromatic heterocycles. The molecule has 0 saturated heterocycles. The Morgan fingerprint density at radius 3 is 1.17 bits per heavy atom. The second-order valence-electron chi connectivity index (χ2n) is 12.7. The lowest BCUT2D eigenvalue weighted by Gasteiger charge is -2.19. The first-order valence-electron chi connectivity index (χ1n) is 16.7. The number of hydrogen-bond donors (Lipinski definition) is 0. The fourth-order valence-electron chi connectivity index (χ4n) is 6.54. The number of carbonyl (C=O) groups is 6. The van der Waals surface area contributed by atoms with Crippen LogP contribution in [0.2, 0.25) is 0 Å². The Hall–Kier alpha value is -7.46. The van der Waals surface area contributed by atoms with Crippen LogP contribution >= 0.6 is 0 Å². The first-order chi connectivity index (χ1) is 26.0. The van der Waals surface area contributed by atoms with E-state index in [0.29, 0.717) is 33.8 Å². The molecule has 10 nitrogen and oxygen atoms in total. The zero-order valence-electron chi connectivity index (χ0n) is 28.6. The lowest BCUT2D eigenvalue weighted by molar-refractivity contribution is 0.0425. The van der Waals surface area contributed by atoms with Crippen molar-refractivity contribution in [3.63, 3.8) is 0 Å². The molecule has 6 aromatic rings. The van der Waals surface area contributed by atoms with Crippen molar-refractivity contribution in [1.29, 1.82) is 0 Å². The quantitative estimate of drug-likeness (QED) is 0.0900. The van der Waals surface area contributed by atoms with Crippen molar-refractivity contribution in [2.24, 2.45) is 0 Å². The topological polar surface area (TPSA) is 139 Å². The summed E-state index contributed by atoms with van der Waals surface area (Å²) in [4.78, 5) is 75.2. The Balaban J connectivity index is 1.19. The van der Waals surface area contributed by atoms with Crippen LogP contribution in [0.5, 0.6) is 11.5 Å². The second-order valence-corrected chi connectivity index (χ2v) is 12.7. The molecule has 0 unspecified atom stereocenters. The molecule has 0 N–H and O–H groups in total. The van der Waals surface area contributed by atoms with Crippen molar-refractivity contribution in [2.75, 3.05) is 0 Å². The van der Waals surface area contributed by atoms with Gasteiger partial charge in [0.2, 0.25) is 0 Å². The molecule has 0 saturated carbocycles. The van der Waals surface area contributed by atoms with Gasteiger partial charge in [-0.3, -0.25) is 0 Å². The van der Waals surface area contributed by atoms with Crippen LogP contribution in [-0.2, 0) is 9.47 Å². The number of fused-ring (bicyclic) bond motifs is 2. The van der Waals surface area contributed by atoms with Crippen LogP contribution in [0.3, 0.4) is 0 Å². The van der Waals surface area contributed by atoms with E-state index in [1.165, 1.54) is 36.4 Å². The molecule has 262 valence electrons. The fourth-order valence-corrected chi connectivity index (χ4v) is 6.54. The number of aryl methyl sites for hydroxylation is 2. The van der Waals surface area contributed by atoms with Crippen molar-refractivity contribution in [3.05, 3.63) is 166 Å². The Kier molecular flexibility index (Phi) is 8.27. The average Bonchev–Trinajstić information content (AvgIpc) is 3.64. The van der Waals surface area contributed by atoms with E-state index in [-0.39, 0.29) is 33.4 Å². The third-order valence-electron chi connectivity index (χ3n) is 9.20. The molecule has 0 fully saturated rings. The summed E-state index contributed by atoms with van der Waals surface area (Å²) in [5.74, 6) is -4.02. The number of benzene rings is 6. The lowest BCUT2D eigenvalue weighted by atomic mass is 9.91. The minimum atomic E-state index is -0.825.